The van der Waals surface area contributed by atoms with E-state index in [1.165, 1.54) is 11.8 Å². The van der Waals surface area contributed by atoms with Crippen molar-refractivity contribution in [2.45, 2.75) is 24.5 Å². The smallest absolute Gasteiger partial charge is 0.313 e. The predicted octanol–water partition coefficient (Wildman–Crippen LogP) is 0.473. The van der Waals surface area contributed by atoms with Crippen LogP contribution in [-0.2, 0) is 9.59 Å². The van der Waals surface area contributed by atoms with Crippen LogP contribution in [-0.4, -0.2) is 34.5 Å². The molecule has 5 heteroatoms. The van der Waals surface area contributed by atoms with Crippen LogP contribution < -0.4 is 5.32 Å². The highest BCUT2D eigenvalue weighted by Crippen LogP contribution is 2.21. The molecule has 1 heterocycles. The number of carboxylic acid groups (broad SMARTS) is 1. The first-order valence-corrected chi connectivity index (χ1v) is 5.33. The number of aliphatic carboxylic acids is 1. The van der Waals surface area contributed by atoms with Crippen LogP contribution in [0.1, 0.15) is 19.3 Å². The highest BCUT2D eigenvalue weighted by molar-refractivity contribution is 8.00. The normalized spacial score (nSPS) is 23.4. The highest BCUT2D eigenvalue weighted by Gasteiger charge is 2.18. The van der Waals surface area contributed by atoms with E-state index in [9.17, 15) is 9.59 Å². The molecule has 1 unspecified atom stereocenters. The molecule has 2 N–H and O–H groups in total. The minimum atomic E-state index is -0.811. The summed E-state index contributed by atoms with van der Waals surface area (Å²) in [6.07, 6.45) is 2.33. The van der Waals surface area contributed by atoms with Gasteiger partial charge in [0, 0.05) is 18.2 Å². The molecule has 0 aliphatic carbocycles. The Morgan fingerprint density at radius 1 is 1.69 bits per heavy atom. The van der Waals surface area contributed by atoms with E-state index in [1.807, 2.05) is 0 Å². The number of hydrogen-bond donors (Lipinski definition) is 2. The second-order valence-electron chi connectivity index (χ2n) is 3.02. The lowest BCUT2D eigenvalue weighted by Crippen LogP contribution is -2.23. The molecule has 0 spiro atoms. The maximum atomic E-state index is 11.1. The molecule has 0 radical (unpaired) electrons. The number of nitrogens with one attached hydrogen (secondary N) is 1. The van der Waals surface area contributed by atoms with E-state index in [0.29, 0.717) is 6.42 Å². The minimum absolute atomic E-state index is 0.0420. The van der Waals surface area contributed by atoms with Gasteiger partial charge in [0.15, 0.2) is 0 Å². The summed E-state index contributed by atoms with van der Waals surface area (Å²) in [6, 6.07) is 0. The van der Waals surface area contributed by atoms with Gasteiger partial charge in [-0.25, -0.2) is 0 Å². The van der Waals surface area contributed by atoms with Crippen LogP contribution in [0, 0.1) is 0 Å². The molecule has 0 bridgehead atoms. The second-order valence-corrected chi connectivity index (χ2v) is 4.31. The van der Waals surface area contributed by atoms with Gasteiger partial charge in [-0.1, -0.05) is 0 Å². The first-order valence-electron chi connectivity index (χ1n) is 4.28. The fourth-order valence-corrected chi connectivity index (χ4v) is 2.25. The summed E-state index contributed by atoms with van der Waals surface area (Å²) in [5.74, 6) is -0.673. The topological polar surface area (TPSA) is 66.4 Å². The van der Waals surface area contributed by atoms with Crippen molar-refractivity contribution in [2.75, 3.05) is 12.3 Å². The molecule has 0 saturated carbocycles. The highest BCUT2D eigenvalue weighted by atomic mass is 32.2. The zero-order valence-corrected chi connectivity index (χ0v) is 8.10. The maximum absolute atomic E-state index is 11.1. The number of thioether (sulfide) groups is 1. The van der Waals surface area contributed by atoms with E-state index in [2.05, 4.69) is 5.32 Å². The lowest BCUT2D eigenvalue weighted by molar-refractivity contribution is -0.134. The molecule has 4 nitrogen and oxygen atoms in total. The number of amides is 1. The van der Waals surface area contributed by atoms with E-state index in [0.717, 1.165) is 19.4 Å². The molecule has 1 saturated heterocycles. The molecule has 1 atom stereocenters. The van der Waals surface area contributed by atoms with Crippen LogP contribution >= 0.6 is 11.8 Å². The van der Waals surface area contributed by atoms with E-state index in [4.69, 9.17) is 5.11 Å². The number of carbonyl (C=O) groups excluding carboxylic acids is 1. The Morgan fingerprint density at radius 2 is 2.46 bits per heavy atom. The van der Waals surface area contributed by atoms with Gasteiger partial charge in [0.1, 0.15) is 0 Å². The monoisotopic (exact) mass is 203 g/mol. The third-order valence-electron chi connectivity index (χ3n) is 1.88. The van der Waals surface area contributed by atoms with E-state index in [-0.39, 0.29) is 16.9 Å². The summed E-state index contributed by atoms with van der Waals surface area (Å²) in [4.78, 5) is 21.4. The van der Waals surface area contributed by atoms with Gasteiger partial charge in [0.25, 0.3) is 0 Å². The summed E-state index contributed by atoms with van der Waals surface area (Å²) < 4.78 is 0. The van der Waals surface area contributed by atoms with Crippen molar-refractivity contribution in [2.24, 2.45) is 0 Å². The molecular weight excluding hydrogens is 190 g/mol. The summed E-state index contributed by atoms with van der Waals surface area (Å²) in [6.45, 7) is 0.725. The fourth-order valence-electron chi connectivity index (χ4n) is 1.27. The van der Waals surface area contributed by atoms with Gasteiger partial charge in [-0.2, -0.15) is 0 Å². The SMILES string of the molecule is O=C(O)CSC1CCCNC(=O)C1. The minimum Gasteiger partial charge on any atom is -0.481 e. The van der Waals surface area contributed by atoms with E-state index < -0.39 is 5.97 Å². The molecule has 0 aromatic carbocycles. The molecule has 1 rings (SSSR count). The number of hydrogen-bond acceptors (Lipinski definition) is 3. The summed E-state index contributed by atoms with van der Waals surface area (Å²) >= 11 is 1.36. The van der Waals surface area contributed by atoms with Crippen LogP contribution in [0.15, 0.2) is 0 Å². The Bertz CT molecular complexity index is 208. The number of carboxylic acids is 1. The van der Waals surface area contributed by atoms with Crippen molar-refractivity contribution in [1.82, 2.24) is 5.32 Å². The van der Waals surface area contributed by atoms with Gasteiger partial charge in [-0.3, -0.25) is 9.59 Å². The maximum Gasteiger partial charge on any atom is 0.313 e. The molecular formula is C8H13NO3S. The summed E-state index contributed by atoms with van der Waals surface area (Å²) in [5.41, 5.74) is 0. The predicted molar refractivity (Wildman–Crippen MR) is 50.7 cm³/mol. The Kier molecular flexibility index (Phi) is 4.08. The quantitative estimate of drug-likeness (QED) is 0.700. The molecule has 0 aromatic heterocycles. The van der Waals surface area contributed by atoms with Crippen LogP contribution in [0.4, 0.5) is 0 Å². The average molecular weight is 203 g/mol. The van der Waals surface area contributed by atoms with Crippen molar-refractivity contribution in [3.8, 4) is 0 Å². The van der Waals surface area contributed by atoms with Crippen molar-refractivity contribution < 1.29 is 14.7 Å². The third-order valence-corrected chi connectivity index (χ3v) is 3.17. The molecule has 1 aliphatic rings. The van der Waals surface area contributed by atoms with Gasteiger partial charge < -0.3 is 10.4 Å². The van der Waals surface area contributed by atoms with Crippen LogP contribution in [0.25, 0.3) is 0 Å². The Morgan fingerprint density at radius 3 is 3.15 bits per heavy atom. The molecule has 1 fully saturated rings. The Hall–Kier alpha value is -0.710. The molecule has 74 valence electrons. The van der Waals surface area contributed by atoms with Crippen LogP contribution in [0.5, 0.6) is 0 Å². The van der Waals surface area contributed by atoms with Gasteiger partial charge >= 0.3 is 5.97 Å². The molecule has 1 amide bonds. The van der Waals surface area contributed by atoms with Crippen molar-refractivity contribution >= 4 is 23.6 Å². The second kappa shape index (κ2) is 5.11. The molecule has 13 heavy (non-hydrogen) atoms. The van der Waals surface area contributed by atoms with Gasteiger partial charge in [0.2, 0.25) is 5.91 Å². The molecule has 1 aliphatic heterocycles. The number of carbonyl (C=O) groups is 2. The standard InChI is InChI=1S/C8H13NO3S/c10-7-4-6(2-1-3-9-7)13-5-8(11)12/h6H,1-5H2,(H,9,10)(H,11,12). The Labute approximate surface area is 81.1 Å². The Balaban J connectivity index is 2.30. The van der Waals surface area contributed by atoms with Crippen molar-refractivity contribution in [1.29, 1.82) is 0 Å². The summed E-state index contributed by atoms with van der Waals surface area (Å²) in [7, 11) is 0. The average Bonchev–Trinajstić information content (AvgIpc) is 2.26. The summed E-state index contributed by atoms with van der Waals surface area (Å²) in [5, 5.41) is 11.4. The van der Waals surface area contributed by atoms with Crippen LogP contribution in [0.2, 0.25) is 0 Å². The zero-order valence-electron chi connectivity index (χ0n) is 7.28. The van der Waals surface area contributed by atoms with Crippen LogP contribution in [0.3, 0.4) is 0 Å². The lowest BCUT2D eigenvalue weighted by Gasteiger charge is -2.09. The van der Waals surface area contributed by atoms with E-state index in [1.54, 1.807) is 0 Å². The third kappa shape index (κ3) is 4.17. The van der Waals surface area contributed by atoms with Gasteiger partial charge in [-0.15, -0.1) is 11.8 Å². The zero-order chi connectivity index (χ0) is 9.68. The van der Waals surface area contributed by atoms with Gasteiger partial charge in [0.05, 0.1) is 5.75 Å². The van der Waals surface area contributed by atoms with Crippen molar-refractivity contribution in [3.63, 3.8) is 0 Å². The first kappa shape index (κ1) is 10.4. The lowest BCUT2D eigenvalue weighted by atomic mass is 10.2. The van der Waals surface area contributed by atoms with Gasteiger partial charge in [-0.05, 0) is 12.8 Å². The fraction of sp³-hybridized carbons (Fsp3) is 0.750. The largest absolute Gasteiger partial charge is 0.481 e. The first-order chi connectivity index (χ1) is 6.18. The number of rotatable bonds is 3. The van der Waals surface area contributed by atoms with Crippen molar-refractivity contribution in [3.05, 3.63) is 0 Å². The van der Waals surface area contributed by atoms with E-state index >= 15 is 0 Å². The molecule has 0 aromatic rings.